The predicted octanol–water partition coefficient (Wildman–Crippen LogP) is 0.847. The average Bonchev–Trinajstić information content (AvgIpc) is 2.73. The number of thiazole rings is 1. The van der Waals surface area contributed by atoms with Crippen molar-refractivity contribution in [2.75, 3.05) is 12.4 Å². The summed E-state index contributed by atoms with van der Waals surface area (Å²) < 4.78 is 4.94. The van der Waals surface area contributed by atoms with Crippen LogP contribution in [0.15, 0.2) is 22.6 Å². The Balaban J connectivity index is 1.96. The molecule has 2 aromatic heterocycles. The summed E-state index contributed by atoms with van der Waals surface area (Å²) in [4.78, 5) is 21.6. The molecule has 0 spiro atoms. The monoisotopic (exact) mass is 238 g/mol. The molecule has 0 unspecified atom stereocenters. The van der Waals surface area contributed by atoms with Gasteiger partial charge in [0.15, 0.2) is 5.75 Å². The molecule has 2 rings (SSSR count). The molecule has 0 aliphatic carbocycles. The van der Waals surface area contributed by atoms with Crippen molar-refractivity contribution >= 4 is 17.3 Å². The minimum Gasteiger partial charge on any atom is -0.494 e. The van der Waals surface area contributed by atoms with E-state index in [2.05, 4.69) is 20.3 Å². The number of nitrogens with zero attached hydrogens (tertiary/aromatic N) is 2. The maximum absolute atomic E-state index is 10.9. The van der Waals surface area contributed by atoms with Crippen LogP contribution in [-0.4, -0.2) is 22.1 Å². The molecule has 0 fully saturated rings. The Bertz CT molecular complexity index is 505. The zero-order chi connectivity index (χ0) is 11.4. The van der Waals surface area contributed by atoms with Gasteiger partial charge in [0.05, 0.1) is 26.0 Å². The van der Waals surface area contributed by atoms with Gasteiger partial charge in [-0.1, -0.05) is 11.3 Å². The Labute approximate surface area is 95.3 Å². The van der Waals surface area contributed by atoms with Gasteiger partial charge in [-0.2, -0.15) is 0 Å². The maximum Gasteiger partial charge on any atom is 0.304 e. The zero-order valence-electron chi connectivity index (χ0n) is 8.56. The van der Waals surface area contributed by atoms with Crippen molar-refractivity contribution in [1.82, 2.24) is 15.0 Å². The Morgan fingerprint density at radius 1 is 1.50 bits per heavy atom. The lowest BCUT2D eigenvalue weighted by Gasteiger charge is -2.03. The third-order valence-electron chi connectivity index (χ3n) is 1.87. The summed E-state index contributed by atoms with van der Waals surface area (Å²) in [5.74, 6) is 1.10. The fraction of sp³-hybridized carbons (Fsp3) is 0.222. The van der Waals surface area contributed by atoms with E-state index in [0.29, 0.717) is 18.2 Å². The number of hydrogen-bond acceptors (Lipinski definition) is 6. The van der Waals surface area contributed by atoms with Crippen molar-refractivity contribution in [3.05, 3.63) is 33.1 Å². The number of ether oxygens (including phenoxy) is 1. The Morgan fingerprint density at radius 2 is 2.25 bits per heavy atom. The minimum absolute atomic E-state index is 0.0625. The number of H-pyrrole nitrogens is 1. The van der Waals surface area contributed by atoms with Crippen molar-refractivity contribution in [2.45, 2.75) is 6.54 Å². The molecule has 7 heteroatoms. The lowest BCUT2D eigenvalue weighted by Crippen LogP contribution is -2.05. The summed E-state index contributed by atoms with van der Waals surface area (Å²) in [6.07, 6.45) is 3.15. The Kier molecular flexibility index (Phi) is 3.16. The van der Waals surface area contributed by atoms with Crippen LogP contribution in [0.25, 0.3) is 0 Å². The van der Waals surface area contributed by atoms with Crippen molar-refractivity contribution in [3.8, 4) is 5.75 Å². The Morgan fingerprint density at radius 3 is 2.81 bits per heavy atom. The standard InChI is InChI=1S/C9H10N4O2S/c1-15-7-3-11-8(12-4-7)10-2-6-5-16-9(14)13-6/h3-5H,2H2,1H3,(H,13,14)(H,10,11,12). The number of hydrogen-bond donors (Lipinski definition) is 2. The second-order valence-corrected chi connectivity index (χ2v) is 3.82. The van der Waals surface area contributed by atoms with Gasteiger partial charge in [0.2, 0.25) is 5.95 Å². The van der Waals surface area contributed by atoms with Crippen LogP contribution in [0.5, 0.6) is 5.75 Å². The topological polar surface area (TPSA) is 79.9 Å². The van der Waals surface area contributed by atoms with Crippen LogP contribution in [0.4, 0.5) is 5.95 Å². The second kappa shape index (κ2) is 4.75. The van der Waals surface area contributed by atoms with Gasteiger partial charge in [-0.3, -0.25) is 4.79 Å². The molecule has 2 aromatic rings. The van der Waals surface area contributed by atoms with Crippen molar-refractivity contribution in [2.24, 2.45) is 0 Å². The first-order chi connectivity index (χ1) is 7.78. The first-order valence-electron chi connectivity index (χ1n) is 4.54. The largest absolute Gasteiger partial charge is 0.494 e. The maximum atomic E-state index is 10.9. The molecule has 0 amide bonds. The molecule has 0 radical (unpaired) electrons. The minimum atomic E-state index is -0.0625. The molecule has 0 aliphatic heterocycles. The fourth-order valence-corrected chi connectivity index (χ4v) is 1.67. The van der Waals surface area contributed by atoms with Crippen LogP contribution < -0.4 is 14.9 Å². The van der Waals surface area contributed by atoms with Gasteiger partial charge in [-0.05, 0) is 0 Å². The summed E-state index contributed by atoms with van der Waals surface area (Å²) in [6.45, 7) is 0.491. The van der Waals surface area contributed by atoms with E-state index in [-0.39, 0.29) is 4.87 Å². The van der Waals surface area contributed by atoms with Gasteiger partial charge in [0, 0.05) is 11.1 Å². The van der Waals surface area contributed by atoms with Crippen molar-refractivity contribution < 1.29 is 4.74 Å². The number of rotatable bonds is 4. The molecule has 0 saturated heterocycles. The highest BCUT2D eigenvalue weighted by Gasteiger charge is 1.99. The van der Waals surface area contributed by atoms with Gasteiger partial charge in [0.1, 0.15) is 0 Å². The number of anilines is 1. The van der Waals surface area contributed by atoms with Crippen LogP contribution in [0.3, 0.4) is 0 Å². The first kappa shape index (κ1) is 10.6. The molecule has 2 heterocycles. The van der Waals surface area contributed by atoms with E-state index in [9.17, 15) is 4.79 Å². The number of aromatic nitrogens is 3. The molecule has 0 atom stereocenters. The van der Waals surface area contributed by atoms with Crippen LogP contribution in [0.1, 0.15) is 5.69 Å². The van der Waals surface area contributed by atoms with Crippen LogP contribution in [-0.2, 0) is 6.54 Å². The summed E-state index contributed by atoms with van der Waals surface area (Å²) in [6, 6.07) is 0. The van der Waals surface area contributed by atoms with Crippen molar-refractivity contribution in [3.63, 3.8) is 0 Å². The Hall–Kier alpha value is -1.89. The van der Waals surface area contributed by atoms with Crippen LogP contribution >= 0.6 is 11.3 Å². The highest BCUT2D eigenvalue weighted by atomic mass is 32.1. The molecule has 2 N–H and O–H groups in total. The summed E-state index contributed by atoms with van der Waals surface area (Å²) in [7, 11) is 1.56. The van der Waals surface area contributed by atoms with Crippen LogP contribution in [0.2, 0.25) is 0 Å². The van der Waals surface area contributed by atoms with Gasteiger partial charge in [0.25, 0.3) is 0 Å². The summed E-state index contributed by atoms with van der Waals surface area (Å²) in [5.41, 5.74) is 0.814. The molecule has 84 valence electrons. The van der Waals surface area contributed by atoms with E-state index >= 15 is 0 Å². The molecule has 0 aliphatic rings. The highest BCUT2D eigenvalue weighted by molar-refractivity contribution is 7.07. The second-order valence-electron chi connectivity index (χ2n) is 2.97. The molecule has 6 nitrogen and oxygen atoms in total. The van der Waals surface area contributed by atoms with E-state index in [1.54, 1.807) is 24.9 Å². The first-order valence-corrected chi connectivity index (χ1v) is 5.42. The fourth-order valence-electron chi connectivity index (χ4n) is 1.09. The lowest BCUT2D eigenvalue weighted by molar-refractivity contribution is 0.411. The molecule has 0 aromatic carbocycles. The lowest BCUT2D eigenvalue weighted by atomic mass is 10.5. The van der Waals surface area contributed by atoms with E-state index in [0.717, 1.165) is 17.0 Å². The number of aromatic amines is 1. The molecule has 0 bridgehead atoms. The zero-order valence-corrected chi connectivity index (χ0v) is 9.37. The number of methoxy groups -OCH3 is 1. The number of nitrogens with one attached hydrogen (secondary N) is 2. The SMILES string of the molecule is COc1cnc(NCc2csc(=O)[nH]2)nc1. The average molecular weight is 238 g/mol. The predicted molar refractivity (Wildman–Crippen MR) is 60.9 cm³/mol. The van der Waals surface area contributed by atoms with Gasteiger partial charge in [-0.25, -0.2) is 9.97 Å². The van der Waals surface area contributed by atoms with E-state index in [1.807, 2.05) is 0 Å². The van der Waals surface area contributed by atoms with Crippen molar-refractivity contribution in [1.29, 1.82) is 0 Å². The molecule has 16 heavy (non-hydrogen) atoms. The third kappa shape index (κ3) is 2.57. The molecular weight excluding hydrogens is 228 g/mol. The van der Waals surface area contributed by atoms with E-state index in [1.165, 1.54) is 0 Å². The normalized spacial score (nSPS) is 10.1. The molecular formula is C9H10N4O2S. The van der Waals surface area contributed by atoms with Crippen LogP contribution in [0, 0.1) is 0 Å². The van der Waals surface area contributed by atoms with Gasteiger partial charge in [-0.15, -0.1) is 0 Å². The van der Waals surface area contributed by atoms with Gasteiger partial charge >= 0.3 is 4.87 Å². The highest BCUT2D eigenvalue weighted by Crippen LogP contribution is 2.07. The molecule has 0 saturated carbocycles. The van der Waals surface area contributed by atoms with Gasteiger partial charge < -0.3 is 15.0 Å². The smallest absolute Gasteiger partial charge is 0.304 e. The van der Waals surface area contributed by atoms with E-state index < -0.39 is 0 Å². The third-order valence-corrected chi connectivity index (χ3v) is 2.59. The van der Waals surface area contributed by atoms with E-state index in [4.69, 9.17) is 4.74 Å². The summed E-state index contributed by atoms with van der Waals surface area (Å²) in [5, 5.41) is 4.75. The summed E-state index contributed by atoms with van der Waals surface area (Å²) >= 11 is 1.13. The quantitative estimate of drug-likeness (QED) is 0.825.